The Morgan fingerprint density at radius 2 is 1.91 bits per heavy atom. The number of hydrogen-bond acceptors (Lipinski definition) is 10. The summed E-state index contributed by atoms with van der Waals surface area (Å²) in [5.74, 6) is -4.69. The molecule has 13 nitrogen and oxygen atoms in total. The SMILES string of the molecule is Cc1noc([C@]2(Cc3cnn4cc([C@@H](NC(=O)c5nonc5C5CC5)C5CCC(F)(F)CC5)nc4c3)C[C@@H](C(F)(F)F)NC2=O)n1. The first kappa shape index (κ1) is 30.2. The fraction of sp³-hybridized carbons (Fsp3) is 0.571. The average molecular weight is 650 g/mol. The third-order valence-corrected chi connectivity index (χ3v) is 9.06. The third kappa shape index (κ3) is 5.57. The highest BCUT2D eigenvalue weighted by Crippen LogP contribution is 2.44. The molecule has 0 aromatic carbocycles. The summed E-state index contributed by atoms with van der Waals surface area (Å²) in [6.07, 6.45) is -1.43. The molecule has 0 spiro atoms. The molecule has 3 fully saturated rings. The Morgan fingerprint density at radius 1 is 1.15 bits per heavy atom. The van der Waals surface area contributed by atoms with E-state index in [1.165, 1.54) is 17.6 Å². The van der Waals surface area contributed by atoms with Crippen LogP contribution < -0.4 is 10.6 Å². The number of imidazole rings is 1. The molecule has 1 aliphatic heterocycles. The number of aryl methyl sites for hydroxylation is 1. The van der Waals surface area contributed by atoms with Crippen molar-refractivity contribution in [1.82, 2.24) is 45.7 Å². The van der Waals surface area contributed by atoms with Crippen molar-refractivity contribution in [2.75, 3.05) is 0 Å². The maximum absolute atomic E-state index is 14.1. The minimum absolute atomic E-state index is 0.0337. The van der Waals surface area contributed by atoms with Crippen LogP contribution in [0.1, 0.15) is 96.1 Å². The van der Waals surface area contributed by atoms with E-state index in [2.05, 4.69) is 35.9 Å². The maximum atomic E-state index is 14.1. The molecule has 3 aliphatic rings. The van der Waals surface area contributed by atoms with E-state index in [0.717, 1.165) is 12.8 Å². The smallest absolute Gasteiger partial charge is 0.343 e. The van der Waals surface area contributed by atoms with Gasteiger partial charge in [0.1, 0.15) is 17.2 Å². The van der Waals surface area contributed by atoms with Crippen LogP contribution in [-0.4, -0.2) is 65.0 Å². The molecule has 18 heteroatoms. The highest BCUT2D eigenvalue weighted by atomic mass is 19.4. The molecule has 4 aromatic heterocycles. The predicted octanol–water partition coefficient (Wildman–Crippen LogP) is 3.91. The van der Waals surface area contributed by atoms with Crippen LogP contribution in [-0.2, 0) is 16.6 Å². The van der Waals surface area contributed by atoms with E-state index < -0.39 is 47.8 Å². The van der Waals surface area contributed by atoms with E-state index >= 15 is 0 Å². The van der Waals surface area contributed by atoms with Crippen LogP contribution in [0.25, 0.3) is 5.65 Å². The lowest BCUT2D eigenvalue weighted by molar-refractivity contribution is -0.155. The van der Waals surface area contributed by atoms with Crippen molar-refractivity contribution in [2.24, 2.45) is 5.92 Å². The van der Waals surface area contributed by atoms with Gasteiger partial charge in [-0.3, -0.25) is 9.59 Å². The van der Waals surface area contributed by atoms with Crippen molar-refractivity contribution >= 4 is 17.5 Å². The Balaban J connectivity index is 1.20. The molecule has 4 aromatic rings. The molecule has 5 heterocycles. The van der Waals surface area contributed by atoms with Crippen LogP contribution in [0, 0.1) is 12.8 Å². The summed E-state index contributed by atoms with van der Waals surface area (Å²) in [7, 11) is 0. The molecule has 244 valence electrons. The molecule has 3 atom stereocenters. The van der Waals surface area contributed by atoms with E-state index in [9.17, 15) is 31.5 Å². The van der Waals surface area contributed by atoms with Crippen LogP contribution in [0.15, 0.2) is 27.6 Å². The minimum atomic E-state index is -4.70. The lowest BCUT2D eigenvalue weighted by atomic mass is 9.79. The number of hydrogen-bond donors (Lipinski definition) is 2. The van der Waals surface area contributed by atoms with E-state index in [1.807, 2.05) is 5.32 Å². The molecular weight excluding hydrogens is 621 g/mol. The zero-order valence-corrected chi connectivity index (χ0v) is 24.4. The first-order valence-corrected chi connectivity index (χ1v) is 14.9. The van der Waals surface area contributed by atoms with Crippen molar-refractivity contribution in [3.63, 3.8) is 0 Å². The van der Waals surface area contributed by atoms with E-state index in [1.54, 1.807) is 12.3 Å². The standard InChI is InChI=1S/C28H28F5N9O4/c1-13-35-25(45-39-13)26(10-18(28(31,32)33)37-24(26)44)9-14-8-19-36-17(12-42(19)34-11-14)20(16-4-6-27(29,30)7-5-16)38-23(43)22-21(15-2-3-15)40-46-41-22/h8,11-12,15-16,18,20H,2-7,9-10H2,1H3,(H,37,44)(H,38,43)/t18-,20-,26+/m0/s1. The number of alkyl halides is 5. The Hall–Kier alpha value is -4.51. The molecule has 2 N–H and O–H groups in total. The first-order chi connectivity index (χ1) is 21.8. The Labute approximate surface area is 256 Å². The van der Waals surface area contributed by atoms with Gasteiger partial charge in [0.15, 0.2) is 17.2 Å². The number of halogens is 5. The number of nitrogens with zero attached hydrogens (tertiary/aromatic N) is 7. The number of amides is 2. The normalized spacial score (nSPS) is 24.3. The van der Waals surface area contributed by atoms with E-state index in [0.29, 0.717) is 17.0 Å². The highest BCUT2D eigenvalue weighted by Gasteiger charge is 2.59. The van der Waals surface area contributed by atoms with Crippen LogP contribution in [0.5, 0.6) is 0 Å². The fourth-order valence-corrected chi connectivity index (χ4v) is 6.44. The molecular formula is C28H28F5N9O4. The van der Waals surface area contributed by atoms with Gasteiger partial charge < -0.3 is 15.2 Å². The lowest BCUT2D eigenvalue weighted by Crippen LogP contribution is -2.40. The fourth-order valence-electron chi connectivity index (χ4n) is 6.44. The summed E-state index contributed by atoms with van der Waals surface area (Å²) in [6.45, 7) is 1.49. The van der Waals surface area contributed by atoms with Crippen LogP contribution >= 0.6 is 0 Å². The summed E-state index contributed by atoms with van der Waals surface area (Å²) < 4.78 is 80.6. The van der Waals surface area contributed by atoms with Gasteiger partial charge in [0.25, 0.3) is 5.91 Å². The molecule has 7 rings (SSSR count). The second kappa shape index (κ2) is 10.8. The quantitative estimate of drug-likeness (QED) is 0.267. The second-order valence-corrected chi connectivity index (χ2v) is 12.4. The molecule has 2 amide bonds. The largest absolute Gasteiger partial charge is 0.408 e. The summed E-state index contributed by atoms with van der Waals surface area (Å²) in [5, 5.41) is 20.6. The number of carbonyl (C=O) groups is 2. The molecule has 1 saturated heterocycles. The van der Waals surface area contributed by atoms with Gasteiger partial charge in [-0.2, -0.15) is 23.3 Å². The van der Waals surface area contributed by atoms with Gasteiger partial charge in [-0.1, -0.05) is 10.3 Å². The third-order valence-electron chi connectivity index (χ3n) is 9.06. The summed E-state index contributed by atoms with van der Waals surface area (Å²) >= 11 is 0. The number of nitrogens with one attached hydrogen (secondary N) is 2. The summed E-state index contributed by atoms with van der Waals surface area (Å²) in [4.78, 5) is 35.2. The van der Waals surface area contributed by atoms with Gasteiger partial charge >= 0.3 is 6.18 Å². The van der Waals surface area contributed by atoms with Crippen molar-refractivity contribution in [3.8, 4) is 0 Å². The van der Waals surface area contributed by atoms with E-state index in [-0.39, 0.29) is 67.0 Å². The topological polar surface area (TPSA) is 166 Å². The average Bonchev–Trinajstić information content (AvgIpc) is 3.32. The highest BCUT2D eigenvalue weighted by molar-refractivity contribution is 5.93. The van der Waals surface area contributed by atoms with Gasteiger partial charge in [0, 0.05) is 25.2 Å². The zero-order valence-electron chi connectivity index (χ0n) is 24.4. The van der Waals surface area contributed by atoms with Gasteiger partial charge in [0.2, 0.25) is 17.7 Å². The number of carbonyl (C=O) groups excluding carboxylic acids is 2. The zero-order chi connectivity index (χ0) is 32.4. The van der Waals surface area contributed by atoms with E-state index in [4.69, 9.17) is 9.15 Å². The maximum Gasteiger partial charge on any atom is 0.408 e. The monoisotopic (exact) mass is 649 g/mol. The summed E-state index contributed by atoms with van der Waals surface area (Å²) in [5.41, 5.74) is -0.369. The Kier molecular flexibility index (Phi) is 7.08. The molecule has 2 aliphatic carbocycles. The van der Waals surface area contributed by atoms with Gasteiger partial charge in [-0.05, 0) is 61.7 Å². The molecule has 0 bridgehead atoms. The van der Waals surface area contributed by atoms with Crippen LogP contribution in [0.2, 0.25) is 0 Å². The number of fused-ring (bicyclic) bond motifs is 1. The minimum Gasteiger partial charge on any atom is -0.343 e. The van der Waals surface area contributed by atoms with Crippen molar-refractivity contribution < 1.29 is 40.7 Å². The van der Waals surface area contributed by atoms with Gasteiger partial charge in [-0.15, -0.1) is 0 Å². The van der Waals surface area contributed by atoms with Crippen molar-refractivity contribution in [3.05, 3.63) is 52.8 Å². The Bertz CT molecular complexity index is 1790. The molecule has 2 saturated carbocycles. The molecule has 46 heavy (non-hydrogen) atoms. The number of aromatic nitrogens is 7. The second-order valence-electron chi connectivity index (χ2n) is 12.4. The molecule has 0 unspecified atom stereocenters. The van der Waals surface area contributed by atoms with Crippen molar-refractivity contribution in [2.45, 2.75) is 93.8 Å². The summed E-state index contributed by atoms with van der Waals surface area (Å²) in [6, 6.07) is -1.36. The Morgan fingerprint density at radius 3 is 2.57 bits per heavy atom. The molecule has 0 radical (unpaired) electrons. The van der Waals surface area contributed by atoms with Gasteiger partial charge in [-0.25, -0.2) is 22.9 Å². The first-order valence-electron chi connectivity index (χ1n) is 14.9. The number of rotatable bonds is 8. The van der Waals surface area contributed by atoms with Crippen molar-refractivity contribution in [1.29, 1.82) is 0 Å². The predicted molar refractivity (Wildman–Crippen MR) is 143 cm³/mol. The van der Waals surface area contributed by atoms with Gasteiger partial charge in [0.05, 0.1) is 24.1 Å². The lowest BCUT2D eigenvalue weighted by Gasteiger charge is -2.33. The van der Waals surface area contributed by atoms with Crippen LogP contribution in [0.4, 0.5) is 22.0 Å². The van der Waals surface area contributed by atoms with Crippen LogP contribution in [0.3, 0.4) is 0 Å².